The molecule has 6 nitrogen and oxygen atoms in total. The third kappa shape index (κ3) is 2.82. The van der Waals surface area contributed by atoms with Crippen molar-refractivity contribution in [2.75, 3.05) is 16.6 Å². The third-order valence-corrected chi connectivity index (χ3v) is 6.45. The molecule has 1 aromatic carbocycles. The van der Waals surface area contributed by atoms with Crippen molar-refractivity contribution in [3.8, 4) is 0 Å². The average molecular weight is 318 g/mol. The lowest BCUT2D eigenvalue weighted by Crippen LogP contribution is -2.38. The van der Waals surface area contributed by atoms with Gasteiger partial charge in [-0.15, -0.1) is 0 Å². The maximum Gasteiger partial charge on any atom is 0.238 e. The number of hydrogen-bond donors (Lipinski definition) is 1. The van der Waals surface area contributed by atoms with Crippen LogP contribution >= 0.6 is 0 Å². The first-order valence-corrected chi connectivity index (χ1v) is 9.43. The minimum Gasteiger partial charge on any atom is -0.270 e. The van der Waals surface area contributed by atoms with Crippen molar-refractivity contribution in [1.29, 1.82) is 0 Å². The summed E-state index contributed by atoms with van der Waals surface area (Å²) in [4.78, 5) is 0.0654. The molecule has 20 heavy (non-hydrogen) atoms. The number of sulfonamides is 2. The summed E-state index contributed by atoms with van der Waals surface area (Å²) in [6.07, 6.45) is 1.46. The molecule has 1 saturated heterocycles. The van der Waals surface area contributed by atoms with Gasteiger partial charge in [0.1, 0.15) is 0 Å². The van der Waals surface area contributed by atoms with E-state index in [9.17, 15) is 16.8 Å². The van der Waals surface area contributed by atoms with E-state index in [-0.39, 0.29) is 10.6 Å². The second-order valence-corrected chi connectivity index (χ2v) is 8.56. The van der Waals surface area contributed by atoms with Crippen LogP contribution in [-0.2, 0) is 20.0 Å². The molecule has 1 heterocycles. The Hall–Kier alpha value is -1.12. The first kappa shape index (κ1) is 15.3. The van der Waals surface area contributed by atoms with Crippen LogP contribution in [0.2, 0.25) is 0 Å². The molecule has 2 rings (SSSR count). The highest BCUT2D eigenvalue weighted by Crippen LogP contribution is 2.29. The predicted molar refractivity (Wildman–Crippen MR) is 77.7 cm³/mol. The number of aryl methyl sites for hydroxylation is 2. The third-order valence-electron chi connectivity index (χ3n) is 3.37. The molecule has 0 amide bonds. The van der Waals surface area contributed by atoms with Crippen LogP contribution in [0.15, 0.2) is 17.0 Å². The quantitative estimate of drug-likeness (QED) is 0.875. The number of benzene rings is 1. The zero-order chi connectivity index (χ0) is 15.1. The van der Waals surface area contributed by atoms with Gasteiger partial charge in [0.15, 0.2) is 0 Å². The Balaban J connectivity index is 2.56. The summed E-state index contributed by atoms with van der Waals surface area (Å²) in [7, 11) is -7.11. The van der Waals surface area contributed by atoms with E-state index in [1.54, 1.807) is 26.0 Å². The van der Waals surface area contributed by atoms with E-state index >= 15 is 0 Å². The van der Waals surface area contributed by atoms with Crippen LogP contribution in [-0.4, -0.2) is 29.1 Å². The molecule has 0 unspecified atom stereocenters. The van der Waals surface area contributed by atoms with E-state index in [2.05, 4.69) is 0 Å². The van der Waals surface area contributed by atoms with Gasteiger partial charge in [0.05, 0.1) is 16.3 Å². The highest BCUT2D eigenvalue weighted by Gasteiger charge is 2.27. The number of nitrogens with zero attached hydrogens (tertiary/aromatic N) is 1. The highest BCUT2D eigenvalue weighted by atomic mass is 32.2. The summed E-state index contributed by atoms with van der Waals surface area (Å²) < 4.78 is 48.6. The molecule has 0 radical (unpaired) electrons. The lowest BCUT2D eigenvalue weighted by molar-refractivity contribution is 0.574. The molecular weight excluding hydrogens is 300 g/mol. The normalized spacial score (nSPS) is 19.1. The lowest BCUT2D eigenvalue weighted by atomic mass is 10.1. The van der Waals surface area contributed by atoms with E-state index in [0.29, 0.717) is 29.8 Å². The van der Waals surface area contributed by atoms with Crippen LogP contribution in [0, 0.1) is 13.8 Å². The highest BCUT2D eigenvalue weighted by molar-refractivity contribution is 7.92. The van der Waals surface area contributed by atoms with Gasteiger partial charge in [0, 0.05) is 6.54 Å². The van der Waals surface area contributed by atoms with Crippen molar-refractivity contribution in [3.63, 3.8) is 0 Å². The van der Waals surface area contributed by atoms with Gasteiger partial charge in [-0.1, -0.05) is 0 Å². The summed E-state index contributed by atoms with van der Waals surface area (Å²) in [5.74, 6) is 0.127. The molecule has 0 atom stereocenters. The summed E-state index contributed by atoms with van der Waals surface area (Å²) in [6.45, 7) is 3.66. The first-order chi connectivity index (χ1) is 9.13. The van der Waals surface area contributed by atoms with Gasteiger partial charge in [0.25, 0.3) is 0 Å². The summed E-state index contributed by atoms with van der Waals surface area (Å²) in [5.41, 5.74) is 1.43. The van der Waals surface area contributed by atoms with E-state index in [1.165, 1.54) is 4.31 Å². The Bertz CT molecular complexity index is 716. The van der Waals surface area contributed by atoms with Crippen LogP contribution < -0.4 is 9.44 Å². The zero-order valence-corrected chi connectivity index (χ0v) is 13.1. The van der Waals surface area contributed by atoms with Crippen LogP contribution in [0.5, 0.6) is 0 Å². The number of primary sulfonamides is 1. The van der Waals surface area contributed by atoms with Crippen molar-refractivity contribution >= 4 is 25.7 Å². The van der Waals surface area contributed by atoms with Crippen LogP contribution in [0.25, 0.3) is 0 Å². The van der Waals surface area contributed by atoms with Crippen molar-refractivity contribution in [3.05, 3.63) is 23.3 Å². The van der Waals surface area contributed by atoms with Gasteiger partial charge in [-0.05, 0) is 49.9 Å². The second-order valence-electron chi connectivity index (χ2n) is 5.05. The molecule has 8 heteroatoms. The van der Waals surface area contributed by atoms with Crippen LogP contribution in [0.1, 0.15) is 24.0 Å². The van der Waals surface area contributed by atoms with Crippen LogP contribution in [0.3, 0.4) is 0 Å². The molecule has 0 saturated carbocycles. The van der Waals surface area contributed by atoms with Crippen LogP contribution in [0.4, 0.5) is 5.69 Å². The SMILES string of the molecule is Cc1cc(N2CCCCS2(=O)=O)cc(C)c1S(N)(=O)=O. The maximum atomic E-state index is 12.1. The fourth-order valence-corrected chi connectivity index (χ4v) is 5.24. The van der Waals surface area contributed by atoms with E-state index in [1.807, 2.05) is 0 Å². The molecule has 0 bridgehead atoms. The van der Waals surface area contributed by atoms with Crippen molar-refractivity contribution < 1.29 is 16.8 Å². The predicted octanol–water partition coefficient (Wildman–Crippen LogP) is 0.881. The molecule has 2 N–H and O–H groups in total. The number of rotatable bonds is 2. The average Bonchev–Trinajstić information content (AvgIpc) is 2.24. The molecule has 0 aromatic heterocycles. The smallest absolute Gasteiger partial charge is 0.238 e. The van der Waals surface area contributed by atoms with Gasteiger partial charge in [-0.25, -0.2) is 22.0 Å². The molecule has 0 spiro atoms. The molecular formula is C12H18N2O4S2. The minimum atomic E-state index is -3.81. The van der Waals surface area contributed by atoms with Gasteiger partial charge >= 0.3 is 0 Å². The molecule has 1 fully saturated rings. The summed E-state index contributed by atoms with van der Waals surface area (Å²) in [5, 5.41) is 5.18. The topological polar surface area (TPSA) is 97.5 Å². The fraction of sp³-hybridized carbons (Fsp3) is 0.500. The van der Waals surface area contributed by atoms with Gasteiger partial charge in [-0.3, -0.25) is 4.31 Å². The number of nitrogens with two attached hydrogens (primary N) is 1. The number of anilines is 1. The molecule has 1 aliphatic heterocycles. The van der Waals surface area contributed by atoms with E-state index < -0.39 is 20.0 Å². The van der Waals surface area contributed by atoms with Crippen molar-refractivity contribution in [1.82, 2.24) is 0 Å². The second kappa shape index (κ2) is 5.01. The lowest BCUT2D eigenvalue weighted by Gasteiger charge is -2.29. The molecule has 0 aliphatic carbocycles. The first-order valence-electron chi connectivity index (χ1n) is 6.27. The number of hydrogen-bond acceptors (Lipinski definition) is 4. The minimum absolute atomic E-state index is 0.0654. The Kier molecular flexibility index (Phi) is 3.83. The standard InChI is InChI=1S/C12H18N2O4S2/c1-9-7-11(8-10(2)12(9)20(13,17)18)14-5-3-4-6-19(14,15)16/h7-8H,3-6H2,1-2H3,(H2,13,17,18). The molecule has 1 aromatic rings. The Morgan fingerprint density at radius 3 is 2.15 bits per heavy atom. The fourth-order valence-electron chi connectivity index (χ4n) is 2.60. The molecule has 1 aliphatic rings. The van der Waals surface area contributed by atoms with Crippen molar-refractivity contribution in [2.24, 2.45) is 5.14 Å². The Morgan fingerprint density at radius 2 is 1.70 bits per heavy atom. The van der Waals surface area contributed by atoms with E-state index in [0.717, 1.165) is 6.42 Å². The van der Waals surface area contributed by atoms with Gasteiger partial charge < -0.3 is 0 Å². The zero-order valence-electron chi connectivity index (χ0n) is 11.5. The molecule has 112 valence electrons. The maximum absolute atomic E-state index is 12.1. The van der Waals surface area contributed by atoms with Gasteiger partial charge in [-0.2, -0.15) is 0 Å². The Morgan fingerprint density at radius 1 is 1.15 bits per heavy atom. The van der Waals surface area contributed by atoms with Crippen molar-refractivity contribution in [2.45, 2.75) is 31.6 Å². The monoisotopic (exact) mass is 318 g/mol. The van der Waals surface area contributed by atoms with E-state index in [4.69, 9.17) is 5.14 Å². The van der Waals surface area contributed by atoms with Gasteiger partial charge in [0.2, 0.25) is 20.0 Å². The Labute approximate surface area is 119 Å². The summed E-state index contributed by atoms with van der Waals surface area (Å²) in [6, 6.07) is 3.13. The summed E-state index contributed by atoms with van der Waals surface area (Å²) >= 11 is 0. The largest absolute Gasteiger partial charge is 0.270 e.